The van der Waals surface area contributed by atoms with Crippen LogP contribution in [0.1, 0.15) is 45.4 Å². The van der Waals surface area contributed by atoms with E-state index in [-0.39, 0.29) is 0 Å². The molecule has 1 saturated heterocycles. The lowest BCUT2D eigenvalue weighted by molar-refractivity contribution is 0.180. The molecule has 1 aliphatic rings. The monoisotopic (exact) mass is 200 g/mol. The molecule has 1 aliphatic heterocycles. The Hall–Kier alpha value is -0.120. The van der Waals surface area contributed by atoms with Gasteiger partial charge in [-0.15, -0.1) is 0 Å². The minimum atomic E-state index is 0.494. The Balaban J connectivity index is 2.10. The second kappa shape index (κ2) is 7.21. The van der Waals surface area contributed by atoms with Crippen LogP contribution >= 0.6 is 0 Å². The summed E-state index contributed by atoms with van der Waals surface area (Å²) in [6.45, 7) is 4.11. The minimum absolute atomic E-state index is 0.494. The van der Waals surface area contributed by atoms with Gasteiger partial charge in [0.1, 0.15) is 0 Å². The molecule has 1 fully saturated rings. The van der Waals surface area contributed by atoms with Crippen molar-refractivity contribution >= 4 is 0 Å². The highest BCUT2D eigenvalue weighted by atomic mass is 16.5. The number of hydrogen-bond donors (Lipinski definition) is 2. The molecule has 0 aromatic heterocycles. The van der Waals surface area contributed by atoms with E-state index in [9.17, 15) is 0 Å². The summed E-state index contributed by atoms with van der Waals surface area (Å²) in [5.41, 5.74) is 2.93. The van der Waals surface area contributed by atoms with Gasteiger partial charge in [-0.1, -0.05) is 26.2 Å². The second-order valence-corrected chi connectivity index (χ2v) is 4.32. The van der Waals surface area contributed by atoms with Crippen molar-refractivity contribution in [3.05, 3.63) is 0 Å². The molecular formula is C11H24N2O. The van der Waals surface area contributed by atoms with Crippen LogP contribution < -0.4 is 11.3 Å². The number of hydrogen-bond acceptors (Lipinski definition) is 3. The summed E-state index contributed by atoms with van der Waals surface area (Å²) in [5, 5.41) is 0. The van der Waals surface area contributed by atoms with Crippen LogP contribution in [0.2, 0.25) is 0 Å². The Bertz CT molecular complexity index is 135. The molecule has 0 saturated carbocycles. The van der Waals surface area contributed by atoms with Crippen molar-refractivity contribution in [3.8, 4) is 0 Å². The Morgan fingerprint density at radius 1 is 1.50 bits per heavy atom. The summed E-state index contributed by atoms with van der Waals surface area (Å²) in [6.07, 6.45) is 7.50. The van der Waals surface area contributed by atoms with Crippen LogP contribution in [0, 0.1) is 5.92 Å². The molecule has 0 radical (unpaired) electrons. The van der Waals surface area contributed by atoms with Gasteiger partial charge in [0, 0.05) is 19.3 Å². The highest BCUT2D eigenvalue weighted by molar-refractivity contribution is 4.72. The molecule has 3 heteroatoms. The van der Waals surface area contributed by atoms with Crippen molar-refractivity contribution in [2.75, 3.05) is 13.2 Å². The lowest BCUT2D eigenvalue weighted by Crippen LogP contribution is -2.36. The minimum Gasteiger partial charge on any atom is -0.381 e. The molecule has 3 nitrogen and oxygen atoms in total. The predicted molar refractivity (Wildman–Crippen MR) is 58.8 cm³/mol. The molecule has 2 unspecified atom stereocenters. The smallest absolute Gasteiger partial charge is 0.0495 e. The van der Waals surface area contributed by atoms with E-state index < -0.39 is 0 Å². The maximum atomic E-state index is 5.54. The van der Waals surface area contributed by atoms with Crippen molar-refractivity contribution < 1.29 is 4.74 Å². The third-order valence-electron chi connectivity index (χ3n) is 3.03. The predicted octanol–water partition coefficient (Wildman–Crippen LogP) is 1.83. The van der Waals surface area contributed by atoms with Gasteiger partial charge in [0.15, 0.2) is 0 Å². The molecule has 0 aromatic rings. The van der Waals surface area contributed by atoms with Gasteiger partial charge in [-0.05, 0) is 25.2 Å². The van der Waals surface area contributed by atoms with Crippen LogP contribution in [0.3, 0.4) is 0 Å². The molecular weight excluding hydrogens is 176 g/mol. The van der Waals surface area contributed by atoms with Gasteiger partial charge in [0.25, 0.3) is 0 Å². The van der Waals surface area contributed by atoms with Crippen LogP contribution in [0.25, 0.3) is 0 Å². The van der Waals surface area contributed by atoms with Crippen LogP contribution in [-0.4, -0.2) is 19.3 Å². The molecule has 3 N–H and O–H groups in total. The Kier molecular flexibility index (Phi) is 6.15. The van der Waals surface area contributed by atoms with Crippen molar-refractivity contribution in [1.82, 2.24) is 5.43 Å². The zero-order valence-electron chi connectivity index (χ0n) is 9.30. The van der Waals surface area contributed by atoms with Gasteiger partial charge in [-0.3, -0.25) is 11.3 Å². The van der Waals surface area contributed by atoms with Gasteiger partial charge in [-0.2, -0.15) is 0 Å². The number of rotatable bonds is 7. The zero-order valence-corrected chi connectivity index (χ0v) is 9.30. The van der Waals surface area contributed by atoms with E-state index in [1.807, 2.05) is 0 Å². The molecule has 0 spiro atoms. The van der Waals surface area contributed by atoms with Crippen molar-refractivity contribution in [3.63, 3.8) is 0 Å². The summed E-state index contributed by atoms with van der Waals surface area (Å²) < 4.78 is 5.36. The maximum absolute atomic E-state index is 5.54. The van der Waals surface area contributed by atoms with Crippen LogP contribution in [0.15, 0.2) is 0 Å². The van der Waals surface area contributed by atoms with E-state index in [1.165, 1.54) is 38.5 Å². The van der Waals surface area contributed by atoms with E-state index in [2.05, 4.69) is 12.3 Å². The first kappa shape index (κ1) is 12.0. The second-order valence-electron chi connectivity index (χ2n) is 4.32. The molecule has 84 valence electrons. The van der Waals surface area contributed by atoms with E-state index in [0.29, 0.717) is 6.04 Å². The summed E-state index contributed by atoms with van der Waals surface area (Å²) in [6, 6.07) is 0.494. The standard InChI is InChI=1S/C11H24N2O/c1-2-3-4-5-11(13-12)8-10-6-7-14-9-10/h10-11,13H,2-9,12H2,1H3. The fourth-order valence-corrected chi connectivity index (χ4v) is 2.08. The number of ether oxygens (including phenoxy) is 1. The third kappa shape index (κ3) is 4.40. The molecule has 2 atom stereocenters. The third-order valence-corrected chi connectivity index (χ3v) is 3.03. The molecule has 0 aromatic carbocycles. The SMILES string of the molecule is CCCCCC(CC1CCOC1)NN. The fourth-order valence-electron chi connectivity index (χ4n) is 2.08. The van der Waals surface area contributed by atoms with Gasteiger partial charge in [0.05, 0.1) is 0 Å². The molecule has 1 rings (SSSR count). The van der Waals surface area contributed by atoms with E-state index in [4.69, 9.17) is 10.6 Å². The summed E-state index contributed by atoms with van der Waals surface area (Å²) in [7, 11) is 0. The molecule has 0 aliphatic carbocycles. The van der Waals surface area contributed by atoms with Gasteiger partial charge >= 0.3 is 0 Å². The number of hydrazine groups is 1. The number of nitrogens with one attached hydrogen (secondary N) is 1. The average molecular weight is 200 g/mol. The van der Waals surface area contributed by atoms with Gasteiger partial charge in [0.2, 0.25) is 0 Å². The summed E-state index contributed by atoms with van der Waals surface area (Å²) in [4.78, 5) is 0. The molecule has 14 heavy (non-hydrogen) atoms. The quantitative estimate of drug-likeness (QED) is 0.374. The van der Waals surface area contributed by atoms with E-state index in [0.717, 1.165) is 19.1 Å². The first-order chi connectivity index (χ1) is 6.86. The zero-order chi connectivity index (χ0) is 10.2. The Labute approximate surface area is 87.4 Å². The highest BCUT2D eigenvalue weighted by Gasteiger charge is 2.19. The van der Waals surface area contributed by atoms with Crippen LogP contribution in [-0.2, 0) is 4.74 Å². The normalized spacial score (nSPS) is 24.0. The molecule has 0 bridgehead atoms. The Morgan fingerprint density at radius 3 is 2.93 bits per heavy atom. The van der Waals surface area contributed by atoms with Crippen LogP contribution in [0.5, 0.6) is 0 Å². The largest absolute Gasteiger partial charge is 0.381 e. The van der Waals surface area contributed by atoms with Crippen LogP contribution in [0.4, 0.5) is 0 Å². The topological polar surface area (TPSA) is 47.3 Å². The van der Waals surface area contributed by atoms with E-state index in [1.54, 1.807) is 0 Å². The summed E-state index contributed by atoms with van der Waals surface area (Å²) >= 11 is 0. The number of nitrogens with two attached hydrogens (primary N) is 1. The van der Waals surface area contributed by atoms with Crippen molar-refractivity contribution in [1.29, 1.82) is 0 Å². The van der Waals surface area contributed by atoms with Crippen molar-refractivity contribution in [2.24, 2.45) is 11.8 Å². The Morgan fingerprint density at radius 2 is 2.36 bits per heavy atom. The molecule has 1 heterocycles. The number of unbranched alkanes of at least 4 members (excludes halogenated alkanes) is 2. The lowest BCUT2D eigenvalue weighted by Gasteiger charge is -2.18. The highest BCUT2D eigenvalue weighted by Crippen LogP contribution is 2.20. The maximum Gasteiger partial charge on any atom is 0.0495 e. The lowest BCUT2D eigenvalue weighted by atomic mass is 9.96. The molecule has 0 amide bonds. The average Bonchev–Trinajstić information content (AvgIpc) is 2.69. The first-order valence-corrected chi connectivity index (χ1v) is 5.90. The summed E-state index contributed by atoms with van der Waals surface area (Å²) in [5.74, 6) is 6.28. The fraction of sp³-hybridized carbons (Fsp3) is 1.00. The van der Waals surface area contributed by atoms with Gasteiger partial charge in [-0.25, -0.2) is 0 Å². The first-order valence-electron chi connectivity index (χ1n) is 5.90. The van der Waals surface area contributed by atoms with Crippen molar-refractivity contribution in [2.45, 2.75) is 51.5 Å². The van der Waals surface area contributed by atoms with Gasteiger partial charge < -0.3 is 4.74 Å². The van der Waals surface area contributed by atoms with E-state index >= 15 is 0 Å².